The molecule has 1 aliphatic heterocycles. The van der Waals surface area contributed by atoms with Gasteiger partial charge in [0.1, 0.15) is 0 Å². The van der Waals surface area contributed by atoms with Crippen LogP contribution in [0.15, 0.2) is 46.8 Å². The number of hydrogen-bond acceptors (Lipinski definition) is 4. The van der Waals surface area contributed by atoms with Crippen LogP contribution >= 0.6 is 0 Å². The maximum atomic E-state index is 12.2. The number of anilines is 1. The number of carbonyl (C=O) groups is 1. The number of aryl methyl sites for hydroxylation is 1. The van der Waals surface area contributed by atoms with Crippen molar-refractivity contribution in [2.45, 2.75) is 18.2 Å². The van der Waals surface area contributed by atoms with Crippen molar-refractivity contribution in [3.8, 4) is 0 Å². The molecule has 0 atom stereocenters. The van der Waals surface area contributed by atoms with Crippen molar-refractivity contribution < 1.29 is 13.2 Å². The lowest BCUT2D eigenvalue weighted by Gasteiger charge is -2.08. The molecule has 5 nitrogen and oxygen atoms in total. The first-order valence-electron chi connectivity index (χ1n) is 6.83. The van der Waals surface area contributed by atoms with Crippen LogP contribution in [-0.4, -0.2) is 19.3 Å². The summed E-state index contributed by atoms with van der Waals surface area (Å²) in [6.45, 7) is 1.96. The summed E-state index contributed by atoms with van der Waals surface area (Å²) < 4.78 is 23.7. The summed E-state index contributed by atoms with van der Waals surface area (Å²) in [5, 5.41) is 3.88. The van der Waals surface area contributed by atoms with E-state index in [0.29, 0.717) is 16.8 Å². The summed E-state index contributed by atoms with van der Waals surface area (Å²) >= 11 is 0. The lowest BCUT2D eigenvalue weighted by atomic mass is 10.1. The van der Waals surface area contributed by atoms with Crippen LogP contribution in [0.1, 0.15) is 28.5 Å². The second-order valence-corrected chi connectivity index (χ2v) is 6.75. The largest absolute Gasteiger partial charge is 0.322 e. The lowest BCUT2D eigenvalue weighted by Crippen LogP contribution is -2.13. The van der Waals surface area contributed by atoms with Gasteiger partial charge < -0.3 is 5.32 Å². The number of nitrogens with zero attached hydrogens (tertiary/aromatic N) is 1. The maximum Gasteiger partial charge on any atom is 0.255 e. The molecule has 1 aliphatic rings. The summed E-state index contributed by atoms with van der Waals surface area (Å²) in [4.78, 5) is 16.6. The SMILES string of the molecule is CCc1cc(C(=O)Nc2ccc3c(c2)S(=O)(=O)C=C3)ccn1. The number of pyridine rings is 1. The van der Waals surface area contributed by atoms with E-state index in [1.807, 2.05) is 6.92 Å². The standard InChI is InChI=1S/C16H14N2O3S/c1-2-13-9-12(5-7-17-13)16(19)18-14-4-3-11-6-8-22(20,21)15(11)10-14/h3-10H,2H2,1H3,(H,18,19). The molecule has 0 aliphatic carbocycles. The molecule has 0 bridgehead atoms. The summed E-state index contributed by atoms with van der Waals surface area (Å²) in [7, 11) is -3.38. The van der Waals surface area contributed by atoms with Gasteiger partial charge in [0.05, 0.1) is 4.90 Å². The van der Waals surface area contributed by atoms with Crippen LogP contribution < -0.4 is 5.32 Å². The molecule has 0 fully saturated rings. The van der Waals surface area contributed by atoms with Crippen molar-refractivity contribution in [2.75, 3.05) is 5.32 Å². The number of benzene rings is 1. The van der Waals surface area contributed by atoms with E-state index in [1.165, 1.54) is 11.5 Å². The first-order chi connectivity index (χ1) is 10.5. The summed E-state index contributed by atoms with van der Waals surface area (Å²) in [6.07, 6.45) is 3.88. The molecule has 0 unspecified atom stereocenters. The Labute approximate surface area is 128 Å². The third-order valence-corrected chi connectivity index (χ3v) is 4.91. The van der Waals surface area contributed by atoms with Crippen LogP contribution in [0, 0.1) is 0 Å². The zero-order chi connectivity index (χ0) is 15.7. The Morgan fingerprint density at radius 1 is 1.23 bits per heavy atom. The Kier molecular flexibility index (Phi) is 3.54. The number of hydrogen-bond donors (Lipinski definition) is 1. The van der Waals surface area contributed by atoms with Gasteiger partial charge in [-0.15, -0.1) is 0 Å². The quantitative estimate of drug-likeness (QED) is 0.945. The van der Waals surface area contributed by atoms with Crippen LogP contribution in [-0.2, 0) is 16.3 Å². The highest BCUT2D eigenvalue weighted by atomic mass is 32.2. The van der Waals surface area contributed by atoms with Crippen molar-refractivity contribution in [1.82, 2.24) is 4.98 Å². The third-order valence-electron chi connectivity index (χ3n) is 3.45. The fourth-order valence-corrected chi connectivity index (χ4v) is 3.48. The van der Waals surface area contributed by atoms with E-state index >= 15 is 0 Å². The highest BCUT2D eigenvalue weighted by Gasteiger charge is 2.21. The predicted molar refractivity (Wildman–Crippen MR) is 84.2 cm³/mol. The van der Waals surface area contributed by atoms with Gasteiger partial charge in [-0.1, -0.05) is 13.0 Å². The van der Waals surface area contributed by atoms with Crippen LogP contribution in [0.2, 0.25) is 0 Å². The number of amides is 1. The number of rotatable bonds is 3. The fraction of sp³-hybridized carbons (Fsp3) is 0.125. The first kappa shape index (κ1) is 14.5. The molecule has 6 heteroatoms. The highest BCUT2D eigenvalue weighted by molar-refractivity contribution is 7.94. The van der Waals surface area contributed by atoms with Crippen molar-refractivity contribution in [1.29, 1.82) is 0 Å². The first-order valence-corrected chi connectivity index (χ1v) is 8.38. The van der Waals surface area contributed by atoms with E-state index in [4.69, 9.17) is 0 Å². The average Bonchev–Trinajstić information content (AvgIpc) is 2.82. The van der Waals surface area contributed by atoms with Crippen molar-refractivity contribution in [2.24, 2.45) is 0 Å². The van der Waals surface area contributed by atoms with Crippen LogP contribution in [0.4, 0.5) is 5.69 Å². The zero-order valence-electron chi connectivity index (χ0n) is 11.9. The molecule has 2 heterocycles. The van der Waals surface area contributed by atoms with Gasteiger partial charge in [-0.05, 0) is 42.3 Å². The van der Waals surface area contributed by atoms with Crippen molar-refractivity contribution >= 4 is 27.5 Å². The summed E-state index contributed by atoms with van der Waals surface area (Å²) in [5.74, 6) is -0.291. The Hall–Kier alpha value is -2.47. The molecule has 0 saturated carbocycles. The lowest BCUT2D eigenvalue weighted by molar-refractivity contribution is 0.102. The number of nitrogens with one attached hydrogen (secondary N) is 1. The monoisotopic (exact) mass is 314 g/mol. The van der Waals surface area contributed by atoms with Crippen LogP contribution in [0.3, 0.4) is 0 Å². The number of fused-ring (bicyclic) bond motifs is 1. The Balaban J connectivity index is 1.87. The zero-order valence-corrected chi connectivity index (χ0v) is 12.7. The van der Waals surface area contributed by atoms with Crippen LogP contribution in [0.25, 0.3) is 6.08 Å². The number of sulfone groups is 1. The van der Waals surface area contributed by atoms with Gasteiger partial charge >= 0.3 is 0 Å². The topological polar surface area (TPSA) is 76.1 Å². The van der Waals surface area contributed by atoms with E-state index in [9.17, 15) is 13.2 Å². The van der Waals surface area contributed by atoms with E-state index in [2.05, 4.69) is 10.3 Å². The van der Waals surface area contributed by atoms with Gasteiger partial charge in [0.2, 0.25) is 9.84 Å². The fourth-order valence-electron chi connectivity index (χ4n) is 2.25. The summed E-state index contributed by atoms with van der Waals surface area (Å²) in [6, 6.07) is 8.19. The van der Waals surface area contributed by atoms with Crippen molar-refractivity contribution in [3.05, 3.63) is 58.8 Å². The highest BCUT2D eigenvalue weighted by Crippen LogP contribution is 2.29. The molecule has 112 valence electrons. The predicted octanol–water partition coefficient (Wildman–Crippen LogP) is 2.65. The number of aromatic nitrogens is 1. The second kappa shape index (κ2) is 5.38. The van der Waals surface area contributed by atoms with E-state index in [0.717, 1.165) is 12.1 Å². The van der Waals surface area contributed by atoms with Gasteiger partial charge in [0.25, 0.3) is 5.91 Å². The Morgan fingerprint density at radius 3 is 2.82 bits per heavy atom. The van der Waals surface area contributed by atoms with Gasteiger partial charge in [0, 0.05) is 28.5 Å². The Morgan fingerprint density at radius 2 is 2.05 bits per heavy atom. The molecule has 1 N–H and O–H groups in total. The maximum absolute atomic E-state index is 12.2. The van der Waals surface area contributed by atoms with Gasteiger partial charge in [-0.2, -0.15) is 0 Å². The number of carbonyl (C=O) groups excluding carboxylic acids is 1. The van der Waals surface area contributed by atoms with E-state index in [-0.39, 0.29) is 10.8 Å². The molecule has 1 aromatic heterocycles. The molecule has 0 saturated heterocycles. The minimum absolute atomic E-state index is 0.217. The molecule has 3 rings (SSSR count). The molecule has 22 heavy (non-hydrogen) atoms. The van der Waals surface area contributed by atoms with Crippen LogP contribution in [0.5, 0.6) is 0 Å². The van der Waals surface area contributed by atoms with Gasteiger partial charge in [-0.3, -0.25) is 9.78 Å². The molecule has 1 amide bonds. The molecule has 0 radical (unpaired) electrons. The molecule has 2 aromatic rings. The third kappa shape index (κ3) is 2.65. The minimum Gasteiger partial charge on any atom is -0.322 e. The average molecular weight is 314 g/mol. The normalized spacial score (nSPS) is 14.6. The molecule has 1 aromatic carbocycles. The van der Waals surface area contributed by atoms with E-state index < -0.39 is 9.84 Å². The van der Waals surface area contributed by atoms with Crippen molar-refractivity contribution in [3.63, 3.8) is 0 Å². The van der Waals surface area contributed by atoms with Gasteiger partial charge in [0.15, 0.2) is 0 Å². The second-order valence-electron chi connectivity index (χ2n) is 4.94. The minimum atomic E-state index is -3.38. The Bertz CT molecular complexity index is 886. The molecular weight excluding hydrogens is 300 g/mol. The molecular formula is C16H14N2O3S. The molecule has 0 spiro atoms. The smallest absolute Gasteiger partial charge is 0.255 e. The van der Waals surface area contributed by atoms with Gasteiger partial charge in [-0.25, -0.2) is 8.42 Å². The van der Waals surface area contributed by atoms with E-state index in [1.54, 1.807) is 36.5 Å². The summed E-state index contributed by atoms with van der Waals surface area (Å²) in [5.41, 5.74) is 2.41.